The van der Waals surface area contributed by atoms with Gasteiger partial charge < -0.3 is 16.2 Å². The molecule has 1 saturated carbocycles. The van der Waals surface area contributed by atoms with Crippen molar-refractivity contribution in [2.75, 3.05) is 12.3 Å². The summed E-state index contributed by atoms with van der Waals surface area (Å²) < 4.78 is 0.710. The van der Waals surface area contributed by atoms with Gasteiger partial charge in [0.1, 0.15) is 0 Å². The van der Waals surface area contributed by atoms with Gasteiger partial charge in [0.05, 0.1) is 12.1 Å². The van der Waals surface area contributed by atoms with Gasteiger partial charge in [-0.3, -0.25) is 4.79 Å². The SMILES string of the molecule is Nc1ccc(C(=O)NC2(CO)CCCCC2)cc1Br. The van der Waals surface area contributed by atoms with E-state index in [2.05, 4.69) is 21.2 Å². The van der Waals surface area contributed by atoms with Crippen LogP contribution in [0.5, 0.6) is 0 Å². The highest BCUT2D eigenvalue weighted by Gasteiger charge is 2.33. The van der Waals surface area contributed by atoms with Gasteiger partial charge >= 0.3 is 0 Å². The first kappa shape index (κ1) is 14.3. The van der Waals surface area contributed by atoms with Crippen molar-refractivity contribution in [1.29, 1.82) is 0 Å². The van der Waals surface area contributed by atoms with E-state index in [9.17, 15) is 9.90 Å². The predicted molar refractivity (Wildman–Crippen MR) is 78.9 cm³/mol. The monoisotopic (exact) mass is 326 g/mol. The molecule has 5 heteroatoms. The smallest absolute Gasteiger partial charge is 0.251 e. The Morgan fingerprint density at radius 3 is 2.63 bits per heavy atom. The molecule has 1 aromatic rings. The molecule has 4 N–H and O–H groups in total. The maximum Gasteiger partial charge on any atom is 0.251 e. The van der Waals surface area contributed by atoms with Crippen molar-refractivity contribution in [3.63, 3.8) is 0 Å². The zero-order valence-corrected chi connectivity index (χ0v) is 12.4. The van der Waals surface area contributed by atoms with E-state index in [1.54, 1.807) is 18.2 Å². The summed E-state index contributed by atoms with van der Waals surface area (Å²) in [4.78, 5) is 12.3. The molecule has 0 bridgehead atoms. The Labute approximate surface area is 121 Å². The van der Waals surface area contributed by atoms with Gasteiger partial charge in [-0.15, -0.1) is 0 Å². The molecular weight excluding hydrogens is 308 g/mol. The number of carbonyl (C=O) groups excluding carboxylic acids is 1. The second kappa shape index (κ2) is 5.92. The Balaban J connectivity index is 2.12. The molecule has 1 aliphatic rings. The number of rotatable bonds is 3. The number of aliphatic hydroxyl groups is 1. The number of hydrogen-bond acceptors (Lipinski definition) is 3. The van der Waals surface area contributed by atoms with E-state index in [1.807, 2.05) is 0 Å². The zero-order valence-electron chi connectivity index (χ0n) is 10.8. The van der Waals surface area contributed by atoms with Crippen LogP contribution in [0.2, 0.25) is 0 Å². The number of amides is 1. The van der Waals surface area contributed by atoms with Crippen molar-refractivity contribution >= 4 is 27.5 Å². The van der Waals surface area contributed by atoms with Crippen molar-refractivity contribution in [3.05, 3.63) is 28.2 Å². The first-order valence-corrected chi connectivity index (χ1v) is 7.34. The molecule has 0 heterocycles. The van der Waals surface area contributed by atoms with Crippen LogP contribution in [0.3, 0.4) is 0 Å². The fourth-order valence-corrected chi connectivity index (χ4v) is 2.91. The van der Waals surface area contributed by atoms with Gasteiger partial charge in [-0.25, -0.2) is 0 Å². The van der Waals surface area contributed by atoms with E-state index >= 15 is 0 Å². The van der Waals surface area contributed by atoms with Crippen LogP contribution in [0.4, 0.5) is 5.69 Å². The number of nitrogen functional groups attached to an aromatic ring is 1. The minimum Gasteiger partial charge on any atom is -0.398 e. The molecule has 104 valence electrons. The summed E-state index contributed by atoms with van der Waals surface area (Å²) in [6.45, 7) is -0.00508. The summed E-state index contributed by atoms with van der Waals surface area (Å²) in [5, 5.41) is 12.6. The van der Waals surface area contributed by atoms with Crippen LogP contribution in [0.15, 0.2) is 22.7 Å². The first-order valence-electron chi connectivity index (χ1n) is 6.55. The van der Waals surface area contributed by atoms with Crippen LogP contribution in [-0.4, -0.2) is 23.2 Å². The Hall–Kier alpha value is -1.07. The number of nitrogens with two attached hydrogens (primary N) is 1. The highest BCUT2D eigenvalue weighted by atomic mass is 79.9. The summed E-state index contributed by atoms with van der Waals surface area (Å²) in [7, 11) is 0. The summed E-state index contributed by atoms with van der Waals surface area (Å²) in [5.41, 5.74) is 6.41. The molecule has 0 atom stereocenters. The Kier molecular flexibility index (Phi) is 4.47. The molecular formula is C14H19BrN2O2. The average molecular weight is 327 g/mol. The molecule has 19 heavy (non-hydrogen) atoms. The van der Waals surface area contributed by atoms with E-state index in [-0.39, 0.29) is 12.5 Å². The zero-order chi connectivity index (χ0) is 13.9. The van der Waals surface area contributed by atoms with E-state index in [0.29, 0.717) is 15.7 Å². The lowest BCUT2D eigenvalue weighted by Crippen LogP contribution is -2.52. The fraction of sp³-hybridized carbons (Fsp3) is 0.500. The highest BCUT2D eigenvalue weighted by molar-refractivity contribution is 9.10. The number of carbonyl (C=O) groups is 1. The summed E-state index contributed by atoms with van der Waals surface area (Å²) in [6, 6.07) is 5.10. The van der Waals surface area contributed by atoms with Gasteiger partial charge in [0.2, 0.25) is 0 Å². The van der Waals surface area contributed by atoms with Gasteiger partial charge in [0.25, 0.3) is 5.91 Å². The van der Waals surface area contributed by atoms with E-state index in [4.69, 9.17) is 5.73 Å². The lowest BCUT2D eigenvalue weighted by molar-refractivity contribution is 0.0758. The number of halogens is 1. The molecule has 1 amide bonds. The molecule has 0 unspecified atom stereocenters. The summed E-state index contributed by atoms with van der Waals surface area (Å²) >= 11 is 3.32. The van der Waals surface area contributed by atoms with E-state index in [0.717, 1.165) is 25.7 Å². The predicted octanol–water partition coefficient (Wildman–Crippen LogP) is 2.46. The highest BCUT2D eigenvalue weighted by Crippen LogP contribution is 2.28. The second-order valence-electron chi connectivity index (χ2n) is 5.19. The molecule has 1 aromatic carbocycles. The number of benzene rings is 1. The van der Waals surface area contributed by atoms with Crippen molar-refractivity contribution in [1.82, 2.24) is 5.32 Å². The number of anilines is 1. The van der Waals surface area contributed by atoms with Crippen molar-refractivity contribution in [2.24, 2.45) is 0 Å². The largest absolute Gasteiger partial charge is 0.398 e. The van der Waals surface area contributed by atoms with Crippen LogP contribution in [0.1, 0.15) is 42.5 Å². The minimum atomic E-state index is -0.455. The Morgan fingerprint density at radius 1 is 1.37 bits per heavy atom. The molecule has 4 nitrogen and oxygen atoms in total. The normalized spacial score (nSPS) is 18.0. The van der Waals surface area contributed by atoms with Crippen molar-refractivity contribution in [2.45, 2.75) is 37.6 Å². The molecule has 2 rings (SSSR count). The summed E-state index contributed by atoms with van der Waals surface area (Å²) in [5.74, 6) is -0.156. The van der Waals surface area contributed by atoms with Gasteiger partial charge in [0.15, 0.2) is 0 Å². The molecule has 0 spiro atoms. The van der Waals surface area contributed by atoms with E-state index < -0.39 is 5.54 Å². The van der Waals surface area contributed by atoms with Crippen LogP contribution < -0.4 is 11.1 Å². The van der Waals surface area contributed by atoms with Gasteiger partial charge in [-0.1, -0.05) is 19.3 Å². The van der Waals surface area contributed by atoms with Crippen molar-refractivity contribution in [3.8, 4) is 0 Å². The van der Waals surface area contributed by atoms with Crippen LogP contribution >= 0.6 is 15.9 Å². The Morgan fingerprint density at radius 2 is 2.05 bits per heavy atom. The molecule has 0 saturated heterocycles. The average Bonchev–Trinajstić information content (AvgIpc) is 2.43. The third kappa shape index (κ3) is 3.28. The van der Waals surface area contributed by atoms with Gasteiger partial charge in [-0.2, -0.15) is 0 Å². The van der Waals surface area contributed by atoms with Crippen LogP contribution in [-0.2, 0) is 0 Å². The van der Waals surface area contributed by atoms with Crippen LogP contribution in [0.25, 0.3) is 0 Å². The quantitative estimate of drug-likeness (QED) is 0.747. The minimum absolute atomic E-state index is 0.00508. The third-order valence-corrected chi connectivity index (χ3v) is 4.44. The van der Waals surface area contributed by atoms with E-state index in [1.165, 1.54) is 6.42 Å². The maximum absolute atomic E-state index is 12.3. The standard InChI is InChI=1S/C14H19BrN2O2/c15-11-8-10(4-5-12(11)16)13(19)17-14(9-18)6-2-1-3-7-14/h4-5,8,18H,1-3,6-7,9,16H2,(H,17,19). The molecule has 0 radical (unpaired) electrons. The molecule has 0 aliphatic heterocycles. The summed E-state index contributed by atoms with van der Waals surface area (Å²) in [6.07, 6.45) is 4.94. The van der Waals surface area contributed by atoms with Gasteiger partial charge in [-0.05, 0) is 47.0 Å². The third-order valence-electron chi connectivity index (χ3n) is 3.75. The molecule has 1 fully saturated rings. The molecule has 1 aliphatic carbocycles. The first-order chi connectivity index (χ1) is 9.06. The number of hydrogen-bond donors (Lipinski definition) is 3. The fourth-order valence-electron chi connectivity index (χ4n) is 2.53. The second-order valence-corrected chi connectivity index (χ2v) is 6.04. The Bertz CT molecular complexity index is 471. The number of nitrogens with one attached hydrogen (secondary N) is 1. The topological polar surface area (TPSA) is 75.4 Å². The lowest BCUT2D eigenvalue weighted by Gasteiger charge is -2.36. The lowest BCUT2D eigenvalue weighted by atomic mass is 9.82. The maximum atomic E-state index is 12.3. The van der Waals surface area contributed by atoms with Crippen molar-refractivity contribution < 1.29 is 9.90 Å². The van der Waals surface area contributed by atoms with Crippen LogP contribution in [0, 0.1) is 0 Å². The molecule has 0 aromatic heterocycles. The number of aliphatic hydroxyl groups excluding tert-OH is 1. The van der Waals surface area contributed by atoms with Gasteiger partial charge in [0, 0.05) is 15.7 Å².